The number of likely N-dealkylation sites (tertiary alicyclic amines) is 1. The van der Waals surface area contributed by atoms with Gasteiger partial charge in [-0.05, 0) is 86.8 Å². The molecule has 4 heterocycles. The SMILES string of the molecule is C#Cc1cccc2cc(O)cc(-c3ccc4c(N5CC6CCC(C5)N6C(=O)C(F)(F)F)nc(OCC5(CN6CCCC6)CC5)nc4c3F)c12. The van der Waals surface area contributed by atoms with E-state index in [9.17, 15) is 23.1 Å². The molecule has 0 spiro atoms. The Morgan fingerprint density at radius 1 is 1.04 bits per heavy atom. The van der Waals surface area contributed by atoms with Gasteiger partial charge in [-0.25, -0.2) is 4.39 Å². The van der Waals surface area contributed by atoms with Gasteiger partial charge in [0.05, 0.1) is 18.7 Å². The van der Waals surface area contributed by atoms with Crippen LogP contribution in [0.5, 0.6) is 11.8 Å². The predicted octanol–water partition coefficient (Wildman–Crippen LogP) is 6.27. The number of hydrogen-bond acceptors (Lipinski definition) is 7. The Morgan fingerprint density at radius 2 is 1.78 bits per heavy atom. The van der Waals surface area contributed by atoms with E-state index in [1.54, 1.807) is 36.4 Å². The van der Waals surface area contributed by atoms with Crippen molar-refractivity contribution in [3.05, 3.63) is 53.8 Å². The van der Waals surface area contributed by atoms with E-state index >= 15 is 4.39 Å². The molecule has 8 rings (SSSR count). The highest BCUT2D eigenvalue weighted by atomic mass is 19.4. The van der Waals surface area contributed by atoms with Gasteiger partial charge in [-0.2, -0.15) is 23.1 Å². The predicted molar refractivity (Wildman–Crippen MR) is 177 cm³/mol. The number of phenols is 1. The van der Waals surface area contributed by atoms with Crippen LogP contribution in [0, 0.1) is 23.6 Å². The molecule has 1 aliphatic carbocycles. The van der Waals surface area contributed by atoms with E-state index in [1.165, 1.54) is 18.9 Å². The summed E-state index contributed by atoms with van der Waals surface area (Å²) in [6.45, 7) is 3.60. The molecule has 12 heteroatoms. The van der Waals surface area contributed by atoms with Crippen molar-refractivity contribution in [1.82, 2.24) is 19.8 Å². The molecular weight excluding hydrogens is 638 g/mol. The number of benzene rings is 3. The number of phenolic OH excluding ortho intramolecular Hbond substituents is 1. The molecule has 3 aliphatic heterocycles. The molecule has 4 aromatic rings. The Morgan fingerprint density at radius 3 is 2.45 bits per heavy atom. The van der Waals surface area contributed by atoms with E-state index in [0.717, 1.165) is 37.4 Å². The van der Waals surface area contributed by atoms with Crippen LogP contribution in [0.2, 0.25) is 0 Å². The summed E-state index contributed by atoms with van der Waals surface area (Å²) < 4.78 is 63.6. The van der Waals surface area contributed by atoms with E-state index in [-0.39, 0.29) is 41.3 Å². The van der Waals surface area contributed by atoms with Crippen LogP contribution in [0.3, 0.4) is 0 Å². The molecule has 0 radical (unpaired) electrons. The number of terminal acetylenes is 1. The van der Waals surface area contributed by atoms with Crippen LogP contribution >= 0.6 is 0 Å². The number of rotatable bonds is 7. The normalized spacial score (nSPS) is 21.8. The van der Waals surface area contributed by atoms with E-state index in [4.69, 9.17) is 16.1 Å². The van der Waals surface area contributed by atoms with Crippen molar-refractivity contribution >= 4 is 33.4 Å². The number of aromatic nitrogens is 2. The monoisotopic (exact) mass is 673 g/mol. The second-order valence-corrected chi connectivity index (χ2v) is 14.0. The second-order valence-electron chi connectivity index (χ2n) is 14.0. The van der Waals surface area contributed by atoms with Crippen LogP contribution in [0.15, 0.2) is 42.5 Å². The maximum atomic E-state index is 16.9. The number of nitrogens with zero attached hydrogens (tertiary/aromatic N) is 5. The van der Waals surface area contributed by atoms with E-state index in [2.05, 4.69) is 15.8 Å². The Labute approximate surface area is 280 Å². The quantitative estimate of drug-likeness (QED) is 0.183. The van der Waals surface area contributed by atoms with Crippen molar-refractivity contribution in [1.29, 1.82) is 0 Å². The van der Waals surface area contributed by atoms with Crippen LogP contribution in [0.1, 0.15) is 44.1 Å². The van der Waals surface area contributed by atoms with Crippen molar-refractivity contribution in [2.24, 2.45) is 5.41 Å². The van der Waals surface area contributed by atoms with Gasteiger partial charge in [-0.1, -0.05) is 24.1 Å². The molecule has 8 nitrogen and oxygen atoms in total. The highest BCUT2D eigenvalue weighted by molar-refractivity contribution is 6.04. The molecule has 49 heavy (non-hydrogen) atoms. The highest BCUT2D eigenvalue weighted by Gasteiger charge is 2.52. The minimum absolute atomic E-state index is 0.0160. The molecule has 2 atom stereocenters. The summed E-state index contributed by atoms with van der Waals surface area (Å²) in [5.74, 6) is 0.444. The smallest absolute Gasteiger partial charge is 0.471 e. The summed E-state index contributed by atoms with van der Waals surface area (Å²) in [7, 11) is 0. The number of fused-ring (bicyclic) bond motifs is 4. The lowest BCUT2D eigenvalue weighted by Crippen LogP contribution is -2.59. The lowest BCUT2D eigenvalue weighted by atomic mass is 9.93. The standard InChI is InChI=1S/C37H35F4N5O3/c1-2-22-6-5-7-23-16-26(47)17-29(30(22)23)27-10-11-28-32(31(27)38)42-35(49-21-36(12-13-36)20-44-14-3-4-15-44)43-33(28)45-18-24-8-9-25(19-45)46(24)34(48)37(39,40)41/h1,5-7,10-11,16-17,24-25,47H,3-4,8-9,12-15,18-21H2. The summed E-state index contributed by atoms with van der Waals surface area (Å²) in [5, 5.41) is 12.2. The molecule has 2 unspecified atom stereocenters. The first kappa shape index (κ1) is 31.6. The first-order chi connectivity index (χ1) is 23.5. The highest BCUT2D eigenvalue weighted by Crippen LogP contribution is 2.47. The Hall–Kier alpha value is -4.63. The molecule has 3 saturated heterocycles. The minimum atomic E-state index is -4.96. The summed E-state index contributed by atoms with van der Waals surface area (Å²) in [6, 6.07) is 10.3. The third-order valence-electron chi connectivity index (χ3n) is 10.7. The van der Waals surface area contributed by atoms with Crippen LogP contribution in [-0.4, -0.2) is 88.4 Å². The number of amides is 1. The molecule has 4 fully saturated rings. The van der Waals surface area contributed by atoms with Gasteiger partial charge in [0.2, 0.25) is 0 Å². The average molecular weight is 674 g/mol. The third kappa shape index (κ3) is 5.67. The molecule has 2 bridgehead atoms. The van der Waals surface area contributed by atoms with Gasteiger partial charge in [-0.15, -0.1) is 6.42 Å². The van der Waals surface area contributed by atoms with Crippen LogP contribution in [-0.2, 0) is 4.79 Å². The second kappa shape index (κ2) is 11.8. The topological polar surface area (TPSA) is 82.0 Å². The summed E-state index contributed by atoms with van der Waals surface area (Å²) >= 11 is 0. The van der Waals surface area contributed by atoms with Crippen LogP contribution in [0.25, 0.3) is 32.8 Å². The van der Waals surface area contributed by atoms with Crippen molar-refractivity contribution in [3.8, 4) is 35.2 Å². The van der Waals surface area contributed by atoms with E-state index in [1.807, 2.05) is 4.90 Å². The fourth-order valence-corrected chi connectivity index (χ4v) is 8.10. The van der Waals surface area contributed by atoms with Crippen molar-refractivity contribution in [2.45, 2.75) is 56.8 Å². The molecule has 1 saturated carbocycles. The van der Waals surface area contributed by atoms with Gasteiger partial charge in [0.1, 0.15) is 17.1 Å². The number of carbonyl (C=O) groups excluding carboxylic acids is 1. The first-order valence-corrected chi connectivity index (χ1v) is 16.8. The number of hydrogen-bond donors (Lipinski definition) is 1. The average Bonchev–Trinajstić information content (AvgIpc) is 3.55. The Kier molecular flexibility index (Phi) is 7.59. The first-order valence-electron chi connectivity index (χ1n) is 16.8. The Balaban J connectivity index is 1.21. The minimum Gasteiger partial charge on any atom is -0.508 e. The summed E-state index contributed by atoms with van der Waals surface area (Å²) in [4.78, 5) is 26.9. The molecule has 254 valence electrons. The van der Waals surface area contributed by atoms with E-state index < -0.39 is 30.0 Å². The van der Waals surface area contributed by atoms with Crippen LogP contribution < -0.4 is 9.64 Å². The maximum Gasteiger partial charge on any atom is 0.471 e. The van der Waals surface area contributed by atoms with Crippen molar-refractivity contribution in [3.63, 3.8) is 0 Å². The van der Waals surface area contributed by atoms with Gasteiger partial charge in [0.25, 0.3) is 0 Å². The lowest BCUT2D eigenvalue weighted by molar-refractivity contribution is -0.188. The summed E-state index contributed by atoms with van der Waals surface area (Å²) in [5.41, 5.74) is 1.05. The molecule has 4 aliphatic rings. The zero-order chi connectivity index (χ0) is 34.1. The number of halogens is 4. The van der Waals surface area contributed by atoms with Crippen molar-refractivity contribution in [2.75, 3.05) is 44.2 Å². The van der Waals surface area contributed by atoms with Gasteiger partial charge < -0.3 is 24.5 Å². The molecule has 3 aromatic carbocycles. The fraction of sp³-hybridized carbons (Fsp3) is 0.432. The fourth-order valence-electron chi connectivity index (χ4n) is 8.10. The van der Waals surface area contributed by atoms with Gasteiger partial charge in [0, 0.05) is 46.9 Å². The van der Waals surface area contributed by atoms with Gasteiger partial charge >= 0.3 is 18.1 Å². The van der Waals surface area contributed by atoms with Crippen LogP contribution in [0.4, 0.5) is 23.4 Å². The summed E-state index contributed by atoms with van der Waals surface area (Å²) in [6.07, 6.45) is 6.07. The van der Waals surface area contributed by atoms with E-state index in [0.29, 0.717) is 52.6 Å². The number of alkyl halides is 3. The maximum absolute atomic E-state index is 16.9. The molecule has 1 amide bonds. The lowest BCUT2D eigenvalue weighted by Gasteiger charge is -2.42. The largest absolute Gasteiger partial charge is 0.508 e. The molecule has 1 aromatic heterocycles. The number of aromatic hydroxyl groups is 1. The number of carbonyl (C=O) groups is 1. The van der Waals surface area contributed by atoms with Crippen molar-refractivity contribution < 1.29 is 32.2 Å². The number of anilines is 1. The van der Waals surface area contributed by atoms with Gasteiger partial charge in [-0.3, -0.25) is 4.79 Å². The molecule has 1 N–H and O–H groups in total. The zero-order valence-corrected chi connectivity index (χ0v) is 26.8. The number of piperazine rings is 1. The van der Waals surface area contributed by atoms with Gasteiger partial charge in [0.15, 0.2) is 5.82 Å². The molecular formula is C37H35F4N5O3. The number of ether oxygens (including phenoxy) is 1. The zero-order valence-electron chi connectivity index (χ0n) is 26.8. The Bertz CT molecular complexity index is 2000. The third-order valence-corrected chi connectivity index (χ3v) is 10.7.